The average molecular weight is 331 g/mol. The Morgan fingerprint density at radius 1 is 1.42 bits per heavy atom. The molecular weight excluding hydrogens is 328 g/mol. The Balaban J connectivity index is 2.16. The third kappa shape index (κ3) is 3.17. The van der Waals surface area contributed by atoms with Crippen molar-refractivity contribution in [2.45, 2.75) is 6.18 Å². The second-order valence-corrected chi connectivity index (χ2v) is 5.48. The summed E-state index contributed by atoms with van der Waals surface area (Å²) in [5.74, 6) is -2.56. The van der Waals surface area contributed by atoms with Crippen molar-refractivity contribution in [3.8, 4) is 0 Å². The van der Waals surface area contributed by atoms with E-state index in [1.165, 1.54) is 6.07 Å². The number of hydrogen-bond acceptors (Lipinski definition) is 4. The summed E-state index contributed by atoms with van der Waals surface area (Å²) in [7, 11) is 0. The van der Waals surface area contributed by atoms with Crippen LogP contribution in [0.3, 0.4) is 0 Å². The number of thiophene rings is 1. The number of nitrogens with one attached hydrogen (secondary N) is 2. The number of aromatic amines is 1. The number of alkyl halides is 3. The van der Waals surface area contributed by atoms with E-state index >= 15 is 0 Å². The van der Waals surface area contributed by atoms with Crippen LogP contribution in [-0.2, 0) is 6.18 Å². The van der Waals surface area contributed by atoms with Crippen LogP contribution in [0.5, 0.6) is 0 Å². The van der Waals surface area contributed by atoms with E-state index in [9.17, 15) is 18.0 Å². The summed E-state index contributed by atoms with van der Waals surface area (Å²) < 4.78 is 37.1. The number of carbonyl (C=O) groups is 1. The van der Waals surface area contributed by atoms with Gasteiger partial charge in [-0.2, -0.15) is 18.2 Å². The molecule has 0 spiro atoms. The summed E-state index contributed by atoms with van der Waals surface area (Å²) in [6, 6.07) is 1.29. The van der Waals surface area contributed by atoms with Crippen LogP contribution >= 0.6 is 34.5 Å². The number of hydrogen-bond donors (Lipinski definition) is 2. The first kappa shape index (κ1) is 14.1. The Labute approximate surface area is 117 Å². The molecule has 0 aromatic carbocycles. The topological polar surface area (TPSA) is 70.7 Å². The van der Waals surface area contributed by atoms with Gasteiger partial charge in [-0.25, -0.2) is 0 Å². The number of halogens is 5. The quantitative estimate of drug-likeness (QED) is 0.885. The van der Waals surface area contributed by atoms with Gasteiger partial charge in [0.25, 0.3) is 5.91 Å². The van der Waals surface area contributed by atoms with Gasteiger partial charge in [-0.05, 0) is 6.07 Å². The van der Waals surface area contributed by atoms with Crippen molar-refractivity contribution in [2.24, 2.45) is 0 Å². The molecule has 0 atom stereocenters. The van der Waals surface area contributed by atoms with Crippen LogP contribution in [0.25, 0.3) is 0 Å². The summed E-state index contributed by atoms with van der Waals surface area (Å²) in [6.07, 6.45) is -4.67. The summed E-state index contributed by atoms with van der Waals surface area (Å²) in [5.41, 5.74) is 0.0371. The second kappa shape index (κ2) is 4.99. The van der Waals surface area contributed by atoms with Gasteiger partial charge in [0.05, 0.1) is 9.90 Å². The summed E-state index contributed by atoms with van der Waals surface area (Å²) in [5, 5.41) is 6.96. The minimum atomic E-state index is -4.67. The molecule has 0 bridgehead atoms. The lowest BCUT2D eigenvalue weighted by Gasteiger charge is -1.99. The van der Waals surface area contributed by atoms with Crippen LogP contribution in [0.1, 0.15) is 16.2 Å². The molecule has 0 unspecified atom stereocenters. The number of carbonyl (C=O) groups excluding carboxylic acids is 1. The lowest BCUT2D eigenvalue weighted by Crippen LogP contribution is -2.13. The van der Waals surface area contributed by atoms with Crippen LogP contribution in [0.15, 0.2) is 6.07 Å². The fourth-order valence-corrected chi connectivity index (χ4v) is 2.57. The van der Waals surface area contributed by atoms with E-state index < -0.39 is 23.9 Å². The van der Waals surface area contributed by atoms with Gasteiger partial charge >= 0.3 is 6.18 Å². The molecule has 1 amide bonds. The zero-order valence-electron chi connectivity index (χ0n) is 8.68. The minimum absolute atomic E-state index is 0.0371. The SMILES string of the molecule is O=C(Nc1n[nH]c(C(F)(F)F)n1)c1cc(Cl)sc1Cl. The highest BCUT2D eigenvalue weighted by atomic mass is 35.5. The van der Waals surface area contributed by atoms with Crippen LogP contribution in [0, 0.1) is 0 Å². The Bertz CT molecular complexity index is 624. The monoisotopic (exact) mass is 330 g/mol. The van der Waals surface area contributed by atoms with E-state index in [1.807, 2.05) is 0 Å². The number of amides is 1. The first-order valence-corrected chi connectivity index (χ1v) is 6.10. The maximum absolute atomic E-state index is 12.2. The lowest BCUT2D eigenvalue weighted by molar-refractivity contribution is -0.144. The molecule has 0 saturated heterocycles. The molecule has 0 aliphatic rings. The largest absolute Gasteiger partial charge is 0.451 e. The highest BCUT2D eigenvalue weighted by Crippen LogP contribution is 2.31. The Morgan fingerprint density at radius 3 is 2.58 bits per heavy atom. The van der Waals surface area contributed by atoms with E-state index in [1.54, 1.807) is 5.10 Å². The molecule has 0 aliphatic carbocycles. The molecule has 19 heavy (non-hydrogen) atoms. The van der Waals surface area contributed by atoms with Gasteiger partial charge in [0.2, 0.25) is 11.8 Å². The maximum Gasteiger partial charge on any atom is 0.451 e. The fraction of sp³-hybridized carbons (Fsp3) is 0.125. The van der Waals surface area contributed by atoms with Crippen molar-refractivity contribution in [2.75, 3.05) is 5.32 Å². The minimum Gasteiger partial charge on any atom is -0.289 e. The number of rotatable bonds is 2. The van der Waals surface area contributed by atoms with Gasteiger partial charge in [0, 0.05) is 0 Å². The number of anilines is 1. The Kier molecular flexibility index (Phi) is 3.70. The van der Waals surface area contributed by atoms with Gasteiger partial charge in [0.1, 0.15) is 4.34 Å². The third-order valence-corrected chi connectivity index (χ3v) is 3.37. The molecule has 2 heterocycles. The molecule has 11 heteroatoms. The lowest BCUT2D eigenvalue weighted by atomic mass is 10.3. The second-order valence-electron chi connectivity index (χ2n) is 3.20. The number of nitrogens with zero attached hydrogens (tertiary/aromatic N) is 2. The van der Waals surface area contributed by atoms with Crippen molar-refractivity contribution in [3.63, 3.8) is 0 Å². The van der Waals surface area contributed by atoms with Gasteiger partial charge < -0.3 is 0 Å². The predicted octanol–water partition coefficient (Wildman–Crippen LogP) is 3.44. The molecule has 2 aromatic rings. The summed E-state index contributed by atoms with van der Waals surface area (Å²) in [4.78, 5) is 14.8. The van der Waals surface area contributed by atoms with Gasteiger partial charge in [-0.3, -0.25) is 15.2 Å². The van der Waals surface area contributed by atoms with Crippen LogP contribution < -0.4 is 5.32 Å². The zero-order valence-corrected chi connectivity index (χ0v) is 11.0. The molecule has 0 aliphatic heterocycles. The van der Waals surface area contributed by atoms with Gasteiger partial charge in [-0.1, -0.05) is 23.2 Å². The molecule has 102 valence electrons. The molecule has 5 nitrogen and oxygen atoms in total. The highest BCUT2D eigenvalue weighted by molar-refractivity contribution is 7.20. The van der Waals surface area contributed by atoms with E-state index in [2.05, 4.69) is 15.4 Å². The first-order chi connectivity index (χ1) is 8.77. The van der Waals surface area contributed by atoms with Crippen LogP contribution in [0.2, 0.25) is 8.67 Å². The predicted molar refractivity (Wildman–Crippen MR) is 63.7 cm³/mol. The van der Waals surface area contributed by atoms with Crippen LogP contribution in [-0.4, -0.2) is 21.1 Å². The molecule has 2 rings (SSSR count). The van der Waals surface area contributed by atoms with Crippen LogP contribution in [0.4, 0.5) is 19.1 Å². The van der Waals surface area contributed by atoms with Gasteiger partial charge in [0.15, 0.2) is 0 Å². The van der Waals surface area contributed by atoms with E-state index in [-0.39, 0.29) is 14.2 Å². The third-order valence-electron chi connectivity index (χ3n) is 1.88. The summed E-state index contributed by atoms with van der Waals surface area (Å²) in [6.45, 7) is 0. The molecular formula is C8H3Cl2F3N4OS. The smallest absolute Gasteiger partial charge is 0.289 e. The molecule has 2 N–H and O–H groups in total. The normalized spacial score (nSPS) is 11.6. The molecule has 0 fully saturated rings. The summed E-state index contributed by atoms with van der Waals surface area (Å²) >= 11 is 12.3. The average Bonchev–Trinajstić information content (AvgIpc) is 2.84. The number of aromatic nitrogens is 3. The van der Waals surface area contributed by atoms with Crippen molar-refractivity contribution in [3.05, 3.63) is 26.1 Å². The van der Waals surface area contributed by atoms with Crippen molar-refractivity contribution in [1.82, 2.24) is 15.2 Å². The van der Waals surface area contributed by atoms with Crippen molar-refractivity contribution in [1.29, 1.82) is 0 Å². The molecule has 2 aromatic heterocycles. The highest BCUT2D eigenvalue weighted by Gasteiger charge is 2.35. The Morgan fingerprint density at radius 2 is 2.11 bits per heavy atom. The van der Waals surface area contributed by atoms with Crippen molar-refractivity contribution >= 4 is 46.4 Å². The zero-order chi connectivity index (χ0) is 14.2. The van der Waals surface area contributed by atoms with E-state index in [0.29, 0.717) is 0 Å². The molecule has 0 saturated carbocycles. The fourth-order valence-electron chi connectivity index (χ4n) is 1.11. The molecule has 0 radical (unpaired) electrons. The van der Waals surface area contributed by atoms with E-state index in [4.69, 9.17) is 23.2 Å². The van der Waals surface area contributed by atoms with Crippen molar-refractivity contribution < 1.29 is 18.0 Å². The first-order valence-electron chi connectivity index (χ1n) is 4.53. The number of H-pyrrole nitrogens is 1. The maximum atomic E-state index is 12.2. The standard InChI is InChI=1S/C8H3Cl2F3N4OS/c9-3-1-2(4(10)19-3)5(18)14-7-15-6(16-17-7)8(11,12)13/h1H,(H2,14,15,16,17,18). The van der Waals surface area contributed by atoms with Gasteiger partial charge in [-0.15, -0.1) is 16.4 Å². The van der Waals surface area contributed by atoms with E-state index in [0.717, 1.165) is 11.3 Å². The Hall–Kier alpha value is -1.32.